The van der Waals surface area contributed by atoms with Crippen LogP contribution in [-0.2, 0) is 9.59 Å². The predicted molar refractivity (Wildman–Crippen MR) is 107 cm³/mol. The lowest BCUT2D eigenvalue weighted by Gasteiger charge is -2.43. The van der Waals surface area contributed by atoms with Crippen LogP contribution in [0.3, 0.4) is 0 Å². The number of hydrogen-bond donors (Lipinski definition) is 2. The first-order valence-corrected chi connectivity index (χ1v) is 10.7. The highest BCUT2D eigenvalue weighted by Crippen LogP contribution is 2.45. The highest BCUT2D eigenvalue weighted by atomic mass is 16.2. The normalized spacial score (nSPS) is 31.2. The minimum atomic E-state index is -0.531. The molecule has 0 heterocycles. The maximum atomic E-state index is 13.4. The number of rotatable bonds is 4. The molecule has 0 spiro atoms. The van der Waals surface area contributed by atoms with E-state index in [1.165, 1.54) is 25.7 Å². The summed E-state index contributed by atoms with van der Waals surface area (Å²) in [4.78, 5) is 25.9. The molecule has 2 saturated carbocycles. The van der Waals surface area contributed by atoms with Gasteiger partial charge in [-0.15, -0.1) is 0 Å². The van der Waals surface area contributed by atoms with Gasteiger partial charge in [0.15, 0.2) is 5.78 Å². The van der Waals surface area contributed by atoms with E-state index < -0.39 is 5.54 Å². The van der Waals surface area contributed by atoms with Crippen molar-refractivity contribution in [2.75, 3.05) is 7.05 Å². The Hall–Kier alpha value is -0.900. The summed E-state index contributed by atoms with van der Waals surface area (Å²) in [5.41, 5.74) is -0.271. The molecule has 1 unspecified atom stereocenters. The van der Waals surface area contributed by atoms with E-state index in [2.05, 4.69) is 38.3 Å². The molecule has 0 aromatic heterocycles. The van der Waals surface area contributed by atoms with Crippen molar-refractivity contribution >= 4 is 11.7 Å². The second-order valence-corrected chi connectivity index (χ2v) is 9.68. The molecule has 0 aliphatic heterocycles. The lowest BCUT2D eigenvalue weighted by molar-refractivity contribution is -0.130. The number of carbonyl (C=O) groups excluding carboxylic acids is 2. The fourth-order valence-corrected chi connectivity index (χ4v) is 5.05. The van der Waals surface area contributed by atoms with E-state index in [9.17, 15) is 9.59 Å². The summed E-state index contributed by atoms with van der Waals surface area (Å²) in [6.45, 7) is 8.90. The lowest BCUT2D eigenvalue weighted by atomic mass is 9.67. The van der Waals surface area contributed by atoms with E-state index >= 15 is 0 Å². The molecule has 150 valence electrons. The molecule has 0 aromatic rings. The molecule has 4 heteroatoms. The average Bonchev–Trinajstić information content (AvgIpc) is 2.81. The molecule has 1 amide bonds. The number of likely N-dealkylation sites (N-methyl/N-ethyl adjacent to an activating group) is 1. The molecule has 2 aliphatic carbocycles. The van der Waals surface area contributed by atoms with Crippen LogP contribution in [-0.4, -0.2) is 30.3 Å². The molecular formula is C22H40N2O2. The number of amides is 1. The van der Waals surface area contributed by atoms with E-state index in [1.54, 1.807) is 7.05 Å². The van der Waals surface area contributed by atoms with Gasteiger partial charge in [0.2, 0.25) is 5.91 Å². The van der Waals surface area contributed by atoms with Gasteiger partial charge in [-0.1, -0.05) is 53.4 Å². The van der Waals surface area contributed by atoms with E-state index in [0.717, 1.165) is 32.1 Å². The van der Waals surface area contributed by atoms with Crippen molar-refractivity contribution in [1.29, 1.82) is 0 Å². The molecular weight excluding hydrogens is 324 g/mol. The Bertz CT molecular complexity index is 500. The molecule has 3 atom stereocenters. The zero-order valence-electron chi connectivity index (χ0n) is 17.6. The summed E-state index contributed by atoms with van der Waals surface area (Å²) in [6.07, 6.45) is 10.5. The zero-order valence-corrected chi connectivity index (χ0v) is 17.6. The van der Waals surface area contributed by atoms with Gasteiger partial charge in [0.05, 0.1) is 11.6 Å². The van der Waals surface area contributed by atoms with Gasteiger partial charge >= 0.3 is 0 Å². The maximum Gasteiger partial charge on any atom is 0.237 e. The summed E-state index contributed by atoms with van der Waals surface area (Å²) in [5, 5.41) is 6.42. The third-order valence-corrected chi connectivity index (χ3v) is 6.99. The largest absolute Gasteiger partial charge is 0.358 e. The van der Waals surface area contributed by atoms with E-state index in [-0.39, 0.29) is 23.3 Å². The topological polar surface area (TPSA) is 58.2 Å². The molecule has 26 heavy (non-hydrogen) atoms. The maximum absolute atomic E-state index is 13.4. The summed E-state index contributed by atoms with van der Waals surface area (Å²) in [7, 11) is 1.69. The Balaban J connectivity index is 2.39. The van der Waals surface area contributed by atoms with Crippen molar-refractivity contribution in [3.63, 3.8) is 0 Å². The summed E-state index contributed by atoms with van der Waals surface area (Å²) >= 11 is 0. The first kappa shape index (κ1) is 21.4. The number of ketones is 1. The van der Waals surface area contributed by atoms with E-state index in [1.807, 2.05) is 0 Å². The van der Waals surface area contributed by atoms with Crippen molar-refractivity contribution in [1.82, 2.24) is 10.6 Å². The minimum absolute atomic E-state index is 0.000624. The van der Waals surface area contributed by atoms with Gasteiger partial charge in [0.25, 0.3) is 0 Å². The van der Waals surface area contributed by atoms with Crippen LogP contribution in [0.4, 0.5) is 0 Å². The van der Waals surface area contributed by atoms with Crippen molar-refractivity contribution in [3.8, 4) is 0 Å². The summed E-state index contributed by atoms with van der Waals surface area (Å²) in [6, 6.07) is -0.311. The highest BCUT2D eigenvalue weighted by Gasteiger charge is 2.46. The fraction of sp³-hybridized carbons (Fsp3) is 0.909. The van der Waals surface area contributed by atoms with Crippen LogP contribution in [0, 0.1) is 17.3 Å². The Morgan fingerprint density at radius 2 is 1.77 bits per heavy atom. The molecule has 2 aliphatic rings. The van der Waals surface area contributed by atoms with Gasteiger partial charge in [-0.2, -0.15) is 0 Å². The minimum Gasteiger partial charge on any atom is -0.358 e. The molecule has 2 rings (SSSR count). The fourth-order valence-electron chi connectivity index (χ4n) is 5.05. The summed E-state index contributed by atoms with van der Waals surface area (Å²) in [5.74, 6) is 1.04. The monoisotopic (exact) mass is 364 g/mol. The van der Waals surface area contributed by atoms with Crippen LogP contribution in [0.15, 0.2) is 0 Å². The Morgan fingerprint density at radius 1 is 1.08 bits per heavy atom. The second kappa shape index (κ2) is 8.86. The van der Waals surface area contributed by atoms with Crippen LogP contribution in [0.25, 0.3) is 0 Å². The van der Waals surface area contributed by atoms with E-state index in [4.69, 9.17) is 0 Å². The van der Waals surface area contributed by atoms with Gasteiger partial charge in [-0.3, -0.25) is 14.9 Å². The van der Waals surface area contributed by atoms with Crippen molar-refractivity contribution < 1.29 is 9.59 Å². The number of carbonyl (C=O) groups is 2. The summed E-state index contributed by atoms with van der Waals surface area (Å²) < 4.78 is 0. The lowest BCUT2D eigenvalue weighted by Crippen LogP contribution is -2.61. The van der Waals surface area contributed by atoms with Gasteiger partial charge in [-0.05, 0) is 49.4 Å². The van der Waals surface area contributed by atoms with Crippen molar-refractivity contribution in [2.45, 2.75) is 103 Å². The zero-order chi connectivity index (χ0) is 19.4. The first-order valence-electron chi connectivity index (χ1n) is 10.7. The Morgan fingerprint density at radius 3 is 2.42 bits per heavy atom. The van der Waals surface area contributed by atoms with Crippen LogP contribution < -0.4 is 10.6 Å². The predicted octanol–water partition coefficient (Wildman–Crippen LogP) is 4.23. The van der Waals surface area contributed by atoms with Crippen LogP contribution in [0.2, 0.25) is 0 Å². The average molecular weight is 365 g/mol. The Labute approximate surface area is 160 Å². The molecule has 0 radical (unpaired) electrons. The molecule has 0 saturated heterocycles. The highest BCUT2D eigenvalue weighted by molar-refractivity contribution is 5.90. The Kier molecular flexibility index (Phi) is 7.29. The smallest absolute Gasteiger partial charge is 0.237 e. The molecule has 0 aromatic carbocycles. The number of hydrogen-bond acceptors (Lipinski definition) is 3. The van der Waals surface area contributed by atoms with Crippen LogP contribution >= 0.6 is 0 Å². The third-order valence-electron chi connectivity index (χ3n) is 6.99. The van der Waals surface area contributed by atoms with Gasteiger partial charge < -0.3 is 5.32 Å². The van der Waals surface area contributed by atoms with Gasteiger partial charge in [0.1, 0.15) is 0 Å². The standard InChI is InChI=1S/C22H40N2O2/c1-16(2)19(20(26)23-5)24-22-14-10-8-11-17(15-22)21(3,4)13-9-6-7-12-18(22)25/h16-17,19,24H,6-15H2,1-5H3,(H,23,26)/t17-,19-,22?/m0/s1. The number of Topliss-reactive ketones (excluding diaryl/α,β-unsaturated/α-hetero) is 1. The van der Waals surface area contributed by atoms with Gasteiger partial charge in [0, 0.05) is 13.5 Å². The first-order chi connectivity index (χ1) is 12.2. The molecule has 2 bridgehead atoms. The number of fused-ring (bicyclic) bond motifs is 2. The van der Waals surface area contributed by atoms with Crippen molar-refractivity contribution in [2.24, 2.45) is 17.3 Å². The van der Waals surface area contributed by atoms with E-state index in [0.29, 0.717) is 18.1 Å². The SMILES string of the molecule is CNC(=O)[C@@H](NC12CCCC[C@@H](C1)C(C)(C)CCCCCC2=O)C(C)C. The second-order valence-electron chi connectivity index (χ2n) is 9.68. The van der Waals surface area contributed by atoms with Crippen LogP contribution in [0.1, 0.15) is 91.9 Å². The van der Waals surface area contributed by atoms with Crippen LogP contribution in [0.5, 0.6) is 0 Å². The molecule has 2 N–H and O–H groups in total. The third kappa shape index (κ3) is 4.88. The molecule has 4 nitrogen and oxygen atoms in total. The quantitative estimate of drug-likeness (QED) is 0.785. The number of nitrogens with one attached hydrogen (secondary N) is 2. The van der Waals surface area contributed by atoms with Crippen molar-refractivity contribution in [3.05, 3.63) is 0 Å². The molecule has 2 fully saturated rings. The van der Waals surface area contributed by atoms with Gasteiger partial charge in [-0.25, -0.2) is 0 Å².